The van der Waals surface area contributed by atoms with Crippen LogP contribution in [0.4, 0.5) is 5.69 Å². The van der Waals surface area contributed by atoms with Gasteiger partial charge in [0.1, 0.15) is 0 Å². The van der Waals surface area contributed by atoms with E-state index in [1.165, 1.54) is 0 Å². The maximum atomic E-state index is 11.8. The number of nitrogens with one attached hydrogen (secondary N) is 1. The molecule has 0 fully saturated rings. The highest BCUT2D eigenvalue weighted by molar-refractivity contribution is 5.80. The molecule has 0 saturated heterocycles. The fourth-order valence-electron chi connectivity index (χ4n) is 1.76. The number of unbranched alkanes of at least 4 members (excludes halogenated alkanes) is 1. The highest BCUT2D eigenvalue weighted by atomic mass is 16.5. The lowest BCUT2D eigenvalue weighted by Gasteiger charge is -2.14. The predicted molar refractivity (Wildman–Crippen MR) is 78.4 cm³/mol. The zero-order valence-electron chi connectivity index (χ0n) is 12.1. The van der Waals surface area contributed by atoms with Crippen molar-refractivity contribution in [1.29, 1.82) is 0 Å². The molecule has 0 atom stereocenters. The van der Waals surface area contributed by atoms with E-state index in [2.05, 4.69) is 5.32 Å². The van der Waals surface area contributed by atoms with E-state index < -0.39 is 0 Å². The summed E-state index contributed by atoms with van der Waals surface area (Å²) in [5.41, 5.74) is 2.10. The molecule has 1 N–H and O–H groups in total. The highest BCUT2D eigenvalue weighted by Gasteiger charge is 2.08. The minimum absolute atomic E-state index is 0.119. The van der Waals surface area contributed by atoms with Gasteiger partial charge in [-0.1, -0.05) is 18.2 Å². The summed E-state index contributed by atoms with van der Waals surface area (Å²) in [7, 11) is 5.28. The Morgan fingerprint density at radius 2 is 2.00 bits per heavy atom. The summed E-state index contributed by atoms with van der Waals surface area (Å²) < 4.78 is 5.02. The molecule has 4 heteroatoms. The summed E-state index contributed by atoms with van der Waals surface area (Å²) in [4.78, 5) is 13.4. The molecule has 0 radical (unpaired) electrons. The van der Waals surface area contributed by atoms with E-state index in [-0.39, 0.29) is 5.91 Å². The first-order valence-electron chi connectivity index (χ1n) is 6.66. The van der Waals surface area contributed by atoms with Gasteiger partial charge in [0, 0.05) is 40.0 Å². The predicted octanol–water partition coefficient (Wildman–Crippen LogP) is 2.16. The lowest BCUT2D eigenvalue weighted by Crippen LogP contribution is -2.24. The van der Waals surface area contributed by atoms with Crippen LogP contribution in [0.3, 0.4) is 0 Å². The highest BCUT2D eigenvalue weighted by Crippen LogP contribution is 2.16. The Labute approximate surface area is 115 Å². The number of amides is 1. The van der Waals surface area contributed by atoms with Crippen LogP contribution in [0.2, 0.25) is 0 Å². The Hall–Kier alpha value is -1.55. The van der Waals surface area contributed by atoms with Crippen LogP contribution in [0.15, 0.2) is 24.3 Å². The average molecular weight is 264 g/mol. The van der Waals surface area contributed by atoms with Crippen molar-refractivity contribution in [3.63, 3.8) is 0 Å². The van der Waals surface area contributed by atoms with E-state index in [1.54, 1.807) is 26.1 Å². The number of likely N-dealkylation sites (N-methyl/N-ethyl adjacent to an activating group) is 1. The molecule has 0 spiro atoms. The van der Waals surface area contributed by atoms with Crippen LogP contribution in [0.5, 0.6) is 0 Å². The number of ether oxygens (including phenoxy) is 1. The molecule has 0 heterocycles. The van der Waals surface area contributed by atoms with Gasteiger partial charge in [-0.2, -0.15) is 0 Å². The Morgan fingerprint density at radius 3 is 2.68 bits per heavy atom. The summed E-state index contributed by atoms with van der Waals surface area (Å²) in [6, 6.07) is 7.98. The number of hydrogen-bond acceptors (Lipinski definition) is 3. The van der Waals surface area contributed by atoms with Gasteiger partial charge in [-0.15, -0.1) is 0 Å². The Balaban J connectivity index is 2.51. The Kier molecular flexibility index (Phi) is 6.97. The van der Waals surface area contributed by atoms with E-state index in [0.717, 1.165) is 37.2 Å². The Morgan fingerprint density at radius 1 is 1.26 bits per heavy atom. The van der Waals surface area contributed by atoms with E-state index >= 15 is 0 Å². The standard InChI is InChI=1S/C15H24N2O2/c1-17(2)15(18)12-13-8-4-5-9-14(13)16-10-6-7-11-19-3/h4-5,8-9,16H,6-7,10-12H2,1-3H3. The molecule has 0 saturated carbocycles. The number of nitrogens with zero attached hydrogens (tertiary/aromatic N) is 1. The smallest absolute Gasteiger partial charge is 0.226 e. The molecular formula is C15H24N2O2. The molecule has 0 aliphatic carbocycles. The minimum atomic E-state index is 0.119. The summed E-state index contributed by atoms with van der Waals surface area (Å²) in [5, 5.41) is 3.39. The lowest BCUT2D eigenvalue weighted by atomic mass is 10.1. The topological polar surface area (TPSA) is 41.6 Å². The van der Waals surface area contributed by atoms with Crippen LogP contribution in [-0.2, 0) is 16.0 Å². The van der Waals surface area contributed by atoms with Crippen molar-refractivity contribution in [3.05, 3.63) is 29.8 Å². The van der Waals surface area contributed by atoms with Gasteiger partial charge in [-0.05, 0) is 24.5 Å². The monoisotopic (exact) mass is 264 g/mol. The molecule has 1 amide bonds. The summed E-state index contributed by atoms with van der Waals surface area (Å²) >= 11 is 0. The van der Waals surface area contributed by atoms with Gasteiger partial charge >= 0.3 is 0 Å². The zero-order chi connectivity index (χ0) is 14.1. The van der Waals surface area contributed by atoms with Crippen LogP contribution in [-0.4, -0.2) is 45.2 Å². The molecule has 1 aromatic carbocycles. The molecule has 106 valence electrons. The van der Waals surface area contributed by atoms with Crippen molar-refractivity contribution in [2.75, 3.05) is 39.7 Å². The van der Waals surface area contributed by atoms with Crippen molar-refractivity contribution < 1.29 is 9.53 Å². The first-order chi connectivity index (χ1) is 9.15. The van der Waals surface area contributed by atoms with Gasteiger partial charge in [0.15, 0.2) is 0 Å². The number of methoxy groups -OCH3 is 1. The number of para-hydroxylation sites is 1. The first-order valence-corrected chi connectivity index (χ1v) is 6.66. The number of anilines is 1. The van der Waals surface area contributed by atoms with Gasteiger partial charge in [-0.25, -0.2) is 0 Å². The molecule has 1 rings (SSSR count). The largest absolute Gasteiger partial charge is 0.385 e. The van der Waals surface area contributed by atoms with Gasteiger partial charge < -0.3 is 15.0 Å². The number of benzene rings is 1. The zero-order valence-corrected chi connectivity index (χ0v) is 12.1. The second-order valence-corrected chi connectivity index (χ2v) is 4.75. The van der Waals surface area contributed by atoms with Gasteiger partial charge in [0.05, 0.1) is 6.42 Å². The maximum Gasteiger partial charge on any atom is 0.226 e. The van der Waals surface area contributed by atoms with Crippen molar-refractivity contribution in [2.45, 2.75) is 19.3 Å². The number of carbonyl (C=O) groups excluding carboxylic acids is 1. The summed E-state index contributed by atoms with van der Waals surface area (Å²) in [6.45, 7) is 1.69. The molecule has 19 heavy (non-hydrogen) atoms. The van der Waals surface area contributed by atoms with Gasteiger partial charge in [0.2, 0.25) is 5.91 Å². The van der Waals surface area contributed by atoms with E-state index in [4.69, 9.17) is 4.74 Å². The van der Waals surface area contributed by atoms with Crippen LogP contribution in [0, 0.1) is 0 Å². The van der Waals surface area contributed by atoms with E-state index in [9.17, 15) is 4.79 Å². The normalized spacial score (nSPS) is 10.3. The summed E-state index contributed by atoms with van der Waals surface area (Å²) in [5.74, 6) is 0.119. The third kappa shape index (κ3) is 5.75. The van der Waals surface area contributed by atoms with E-state index in [0.29, 0.717) is 6.42 Å². The van der Waals surface area contributed by atoms with Crippen LogP contribution >= 0.6 is 0 Å². The lowest BCUT2D eigenvalue weighted by molar-refractivity contribution is -0.127. The van der Waals surface area contributed by atoms with Gasteiger partial charge in [0.25, 0.3) is 0 Å². The quantitative estimate of drug-likeness (QED) is 0.732. The first kappa shape index (κ1) is 15.5. The molecule has 0 unspecified atom stereocenters. The molecule has 0 bridgehead atoms. The third-order valence-corrected chi connectivity index (χ3v) is 2.95. The summed E-state index contributed by atoms with van der Waals surface area (Å²) in [6.07, 6.45) is 2.54. The molecule has 1 aromatic rings. The third-order valence-electron chi connectivity index (χ3n) is 2.95. The molecule has 0 aliphatic rings. The molecule has 0 aromatic heterocycles. The van der Waals surface area contributed by atoms with Crippen molar-refractivity contribution in [1.82, 2.24) is 4.90 Å². The second-order valence-electron chi connectivity index (χ2n) is 4.75. The maximum absolute atomic E-state index is 11.8. The molecule has 0 aliphatic heterocycles. The Bertz CT molecular complexity index is 391. The van der Waals surface area contributed by atoms with Crippen LogP contribution in [0.1, 0.15) is 18.4 Å². The van der Waals surface area contributed by atoms with Crippen LogP contribution in [0.25, 0.3) is 0 Å². The van der Waals surface area contributed by atoms with E-state index in [1.807, 2.05) is 24.3 Å². The fourth-order valence-corrected chi connectivity index (χ4v) is 1.76. The van der Waals surface area contributed by atoms with Crippen molar-refractivity contribution in [3.8, 4) is 0 Å². The minimum Gasteiger partial charge on any atom is -0.385 e. The van der Waals surface area contributed by atoms with Crippen molar-refractivity contribution >= 4 is 11.6 Å². The van der Waals surface area contributed by atoms with Crippen molar-refractivity contribution in [2.24, 2.45) is 0 Å². The van der Waals surface area contributed by atoms with Gasteiger partial charge in [-0.3, -0.25) is 4.79 Å². The number of rotatable bonds is 8. The number of hydrogen-bond donors (Lipinski definition) is 1. The average Bonchev–Trinajstić information content (AvgIpc) is 2.40. The fraction of sp³-hybridized carbons (Fsp3) is 0.533. The molecule has 4 nitrogen and oxygen atoms in total. The second kappa shape index (κ2) is 8.53. The van der Waals surface area contributed by atoms with Crippen LogP contribution < -0.4 is 5.32 Å². The SMILES string of the molecule is COCCCCNc1ccccc1CC(=O)N(C)C. The number of carbonyl (C=O) groups is 1. The molecular weight excluding hydrogens is 240 g/mol.